The van der Waals surface area contributed by atoms with Gasteiger partial charge in [0.05, 0.1) is 17.4 Å². The van der Waals surface area contributed by atoms with Crippen molar-refractivity contribution in [2.75, 3.05) is 18.4 Å². The van der Waals surface area contributed by atoms with E-state index in [0.717, 1.165) is 54.4 Å². The Hall–Kier alpha value is -1.21. The van der Waals surface area contributed by atoms with Crippen molar-refractivity contribution >= 4 is 28.6 Å². The van der Waals surface area contributed by atoms with E-state index in [4.69, 9.17) is 16.6 Å². The van der Waals surface area contributed by atoms with Crippen molar-refractivity contribution in [3.63, 3.8) is 0 Å². The fourth-order valence-electron chi connectivity index (χ4n) is 2.94. The first kappa shape index (κ1) is 17.6. The highest BCUT2D eigenvalue weighted by Gasteiger charge is 2.19. The Labute approximate surface area is 151 Å². The predicted octanol–water partition coefficient (Wildman–Crippen LogP) is 3.64. The molecular formula is C17H23ClN4OS. The monoisotopic (exact) mass is 366 g/mol. The van der Waals surface area contributed by atoms with Crippen molar-refractivity contribution in [1.82, 2.24) is 14.9 Å². The molecule has 0 amide bonds. The van der Waals surface area contributed by atoms with E-state index in [9.17, 15) is 5.11 Å². The van der Waals surface area contributed by atoms with E-state index in [-0.39, 0.29) is 6.10 Å². The van der Waals surface area contributed by atoms with Crippen LogP contribution in [0.5, 0.6) is 0 Å². The van der Waals surface area contributed by atoms with Gasteiger partial charge in [-0.3, -0.25) is 4.90 Å². The number of nitrogens with one attached hydrogen (secondary N) is 1. The number of likely N-dealkylation sites (tertiary alicyclic amines) is 1. The minimum absolute atomic E-state index is 0.209. The topological polar surface area (TPSA) is 61.3 Å². The molecular weight excluding hydrogens is 344 g/mol. The summed E-state index contributed by atoms with van der Waals surface area (Å²) in [5.41, 5.74) is 2.97. The quantitative estimate of drug-likeness (QED) is 0.791. The molecule has 24 heavy (non-hydrogen) atoms. The van der Waals surface area contributed by atoms with Crippen molar-refractivity contribution in [3.05, 3.63) is 28.5 Å². The van der Waals surface area contributed by atoms with Gasteiger partial charge in [0.25, 0.3) is 0 Å². The van der Waals surface area contributed by atoms with Crippen molar-refractivity contribution in [2.45, 2.75) is 45.4 Å². The van der Waals surface area contributed by atoms with Crippen molar-refractivity contribution in [3.8, 4) is 10.6 Å². The van der Waals surface area contributed by atoms with Crippen LogP contribution in [-0.2, 0) is 6.54 Å². The summed E-state index contributed by atoms with van der Waals surface area (Å²) in [5.74, 6) is 0. The second-order valence-corrected chi connectivity index (χ2v) is 7.77. The first-order valence-electron chi connectivity index (χ1n) is 8.28. The molecule has 1 atom stereocenters. The maximum atomic E-state index is 9.80. The average Bonchev–Trinajstić information content (AvgIpc) is 2.95. The number of hydrogen-bond acceptors (Lipinski definition) is 6. The Kier molecular flexibility index (Phi) is 5.71. The molecule has 1 aliphatic heterocycles. The SMILES string of the molecule is CC(C)Nc1cc(Cl)ncc1-c1nc(CN2CCCC(O)C2)cs1. The normalized spacial score (nSPS) is 19.0. The maximum Gasteiger partial charge on any atom is 0.131 e. The number of piperidine rings is 1. The number of thiazole rings is 1. The Bertz CT molecular complexity index is 691. The molecule has 130 valence electrons. The lowest BCUT2D eigenvalue weighted by Crippen LogP contribution is -2.37. The van der Waals surface area contributed by atoms with Crippen LogP contribution in [0.3, 0.4) is 0 Å². The van der Waals surface area contributed by atoms with Gasteiger partial charge in [-0.25, -0.2) is 9.97 Å². The van der Waals surface area contributed by atoms with Crippen LogP contribution in [0.15, 0.2) is 17.6 Å². The highest BCUT2D eigenvalue weighted by Crippen LogP contribution is 2.32. The third-order valence-corrected chi connectivity index (χ3v) is 5.09. The van der Waals surface area contributed by atoms with Gasteiger partial charge in [-0.1, -0.05) is 11.6 Å². The van der Waals surface area contributed by atoms with Crippen LogP contribution in [0.2, 0.25) is 5.15 Å². The number of pyridine rings is 1. The number of aliphatic hydroxyl groups excluding tert-OH is 1. The largest absolute Gasteiger partial charge is 0.392 e. The van der Waals surface area contributed by atoms with E-state index in [2.05, 4.69) is 34.4 Å². The number of nitrogens with zero attached hydrogens (tertiary/aromatic N) is 3. The van der Waals surface area contributed by atoms with Gasteiger partial charge in [0, 0.05) is 36.4 Å². The van der Waals surface area contributed by atoms with Gasteiger partial charge in [0.15, 0.2) is 0 Å². The van der Waals surface area contributed by atoms with Crippen LogP contribution in [-0.4, -0.2) is 45.2 Å². The summed E-state index contributed by atoms with van der Waals surface area (Å²) in [6.07, 6.45) is 3.51. The molecule has 2 aromatic rings. The summed E-state index contributed by atoms with van der Waals surface area (Å²) in [4.78, 5) is 11.2. The van der Waals surface area contributed by atoms with Gasteiger partial charge in [-0.15, -0.1) is 11.3 Å². The summed E-state index contributed by atoms with van der Waals surface area (Å²) in [7, 11) is 0. The second kappa shape index (κ2) is 7.78. The molecule has 1 saturated heterocycles. The summed E-state index contributed by atoms with van der Waals surface area (Å²) in [5, 5.41) is 16.7. The third-order valence-electron chi connectivity index (χ3n) is 3.96. The fourth-order valence-corrected chi connectivity index (χ4v) is 3.93. The van der Waals surface area contributed by atoms with Crippen LogP contribution >= 0.6 is 22.9 Å². The molecule has 0 aliphatic carbocycles. The molecule has 7 heteroatoms. The zero-order chi connectivity index (χ0) is 17.1. The van der Waals surface area contributed by atoms with Gasteiger partial charge in [0.2, 0.25) is 0 Å². The second-order valence-electron chi connectivity index (χ2n) is 6.53. The smallest absolute Gasteiger partial charge is 0.131 e. The molecule has 2 N–H and O–H groups in total. The van der Waals surface area contributed by atoms with Gasteiger partial charge >= 0.3 is 0 Å². The average molecular weight is 367 g/mol. The van der Waals surface area contributed by atoms with E-state index < -0.39 is 0 Å². The van der Waals surface area contributed by atoms with E-state index in [1.54, 1.807) is 17.5 Å². The zero-order valence-electron chi connectivity index (χ0n) is 14.0. The minimum atomic E-state index is -0.209. The van der Waals surface area contributed by atoms with E-state index in [1.807, 2.05) is 6.07 Å². The molecule has 1 unspecified atom stereocenters. The number of β-amino-alcohol motifs (C(OH)–C–C–N with tert-alkyl or cyclic N) is 1. The van der Waals surface area contributed by atoms with Crippen LogP contribution in [0.1, 0.15) is 32.4 Å². The van der Waals surface area contributed by atoms with Crippen molar-refractivity contribution < 1.29 is 5.11 Å². The Morgan fingerprint density at radius 3 is 3.08 bits per heavy atom. The molecule has 1 fully saturated rings. The number of hydrogen-bond donors (Lipinski definition) is 2. The number of aromatic nitrogens is 2. The van der Waals surface area contributed by atoms with Crippen LogP contribution in [0.4, 0.5) is 5.69 Å². The number of aliphatic hydroxyl groups is 1. The third kappa shape index (κ3) is 4.45. The Morgan fingerprint density at radius 1 is 1.50 bits per heavy atom. The van der Waals surface area contributed by atoms with E-state index in [1.165, 1.54) is 0 Å². The lowest BCUT2D eigenvalue weighted by atomic mass is 10.1. The zero-order valence-corrected chi connectivity index (χ0v) is 15.6. The molecule has 0 spiro atoms. The van der Waals surface area contributed by atoms with Crippen LogP contribution < -0.4 is 5.32 Å². The standard InChI is InChI=1S/C17H23ClN4OS/c1-11(2)20-15-6-16(18)19-7-14(15)17-21-12(10-24-17)8-22-5-3-4-13(23)9-22/h6-7,10-11,13,23H,3-5,8-9H2,1-2H3,(H,19,20). The minimum Gasteiger partial charge on any atom is -0.392 e. The maximum absolute atomic E-state index is 9.80. The first-order chi connectivity index (χ1) is 11.5. The van der Waals surface area contributed by atoms with E-state index >= 15 is 0 Å². The van der Waals surface area contributed by atoms with Crippen molar-refractivity contribution in [1.29, 1.82) is 0 Å². The molecule has 2 aromatic heterocycles. The lowest BCUT2D eigenvalue weighted by Gasteiger charge is -2.29. The van der Waals surface area contributed by atoms with Gasteiger partial charge in [-0.05, 0) is 39.3 Å². The predicted molar refractivity (Wildman–Crippen MR) is 99.6 cm³/mol. The van der Waals surface area contributed by atoms with E-state index in [0.29, 0.717) is 11.2 Å². The van der Waals surface area contributed by atoms with Crippen LogP contribution in [0.25, 0.3) is 10.6 Å². The molecule has 5 nitrogen and oxygen atoms in total. The lowest BCUT2D eigenvalue weighted by molar-refractivity contribution is 0.0663. The van der Waals surface area contributed by atoms with Crippen LogP contribution in [0, 0.1) is 0 Å². The highest BCUT2D eigenvalue weighted by atomic mass is 35.5. The molecule has 0 bridgehead atoms. The summed E-state index contributed by atoms with van der Waals surface area (Å²) >= 11 is 7.65. The number of anilines is 1. The molecule has 0 saturated carbocycles. The van der Waals surface area contributed by atoms with Crippen molar-refractivity contribution in [2.24, 2.45) is 0 Å². The fraction of sp³-hybridized carbons (Fsp3) is 0.529. The highest BCUT2D eigenvalue weighted by molar-refractivity contribution is 7.13. The van der Waals surface area contributed by atoms with Gasteiger partial charge in [-0.2, -0.15) is 0 Å². The number of rotatable bonds is 5. The molecule has 0 radical (unpaired) electrons. The molecule has 1 aliphatic rings. The summed E-state index contributed by atoms with van der Waals surface area (Å²) in [6.45, 7) is 6.71. The summed E-state index contributed by atoms with van der Waals surface area (Å²) < 4.78 is 0. The first-order valence-corrected chi connectivity index (χ1v) is 9.54. The molecule has 3 rings (SSSR count). The van der Waals surface area contributed by atoms with Gasteiger partial charge in [0.1, 0.15) is 10.2 Å². The Balaban J connectivity index is 1.77. The number of halogens is 1. The molecule has 3 heterocycles. The van der Waals surface area contributed by atoms with Gasteiger partial charge < -0.3 is 10.4 Å². The molecule has 0 aromatic carbocycles. The Morgan fingerprint density at radius 2 is 2.33 bits per heavy atom. The summed E-state index contributed by atoms with van der Waals surface area (Å²) in [6, 6.07) is 2.15.